The summed E-state index contributed by atoms with van der Waals surface area (Å²) in [7, 11) is 0. The van der Waals surface area contributed by atoms with E-state index >= 15 is 0 Å². The molecule has 0 aliphatic rings. The minimum Gasteiger partial charge on any atom is -0.463 e. The average molecular weight is 364 g/mol. The van der Waals surface area contributed by atoms with Crippen LogP contribution in [0, 0.1) is 6.92 Å². The molecule has 4 aromatic rings. The average Bonchev–Trinajstić information content (AvgIpc) is 3.26. The molecule has 0 bridgehead atoms. The predicted molar refractivity (Wildman–Crippen MR) is 101 cm³/mol. The Kier molecular flexibility index (Phi) is 4.50. The van der Waals surface area contributed by atoms with Gasteiger partial charge in [-0.15, -0.1) is 0 Å². The topological polar surface area (TPSA) is 81.5 Å². The third-order valence-electron chi connectivity index (χ3n) is 4.57. The second-order valence-electron chi connectivity index (χ2n) is 6.48. The quantitative estimate of drug-likeness (QED) is 0.570. The number of aromatic nitrogens is 3. The van der Waals surface area contributed by atoms with Crippen molar-refractivity contribution in [3.05, 3.63) is 70.5 Å². The normalized spacial score (nSPS) is 11.3. The van der Waals surface area contributed by atoms with Crippen molar-refractivity contribution in [1.29, 1.82) is 0 Å². The standard InChI is InChI=1S/C20H20N4O3/c1-14-22-23(20(26)17-12-18-16(24(14)17)9-11-27-18)10-5-8-19(25)21-13-15-6-3-2-4-7-15/h2-4,6-7,9,11-12H,5,8,10,13H2,1H3,(H,21,25). The molecule has 0 saturated heterocycles. The number of benzene rings is 1. The molecule has 0 unspecified atom stereocenters. The highest BCUT2D eigenvalue weighted by atomic mass is 16.3. The minimum atomic E-state index is -0.184. The minimum absolute atomic E-state index is 0.0371. The summed E-state index contributed by atoms with van der Waals surface area (Å²) >= 11 is 0. The zero-order valence-corrected chi connectivity index (χ0v) is 15.0. The number of fused-ring (bicyclic) bond motifs is 3. The number of furan rings is 1. The van der Waals surface area contributed by atoms with Gasteiger partial charge in [-0.1, -0.05) is 30.3 Å². The van der Waals surface area contributed by atoms with E-state index in [2.05, 4.69) is 10.4 Å². The molecule has 27 heavy (non-hydrogen) atoms. The number of hydrogen-bond acceptors (Lipinski definition) is 4. The zero-order valence-electron chi connectivity index (χ0n) is 15.0. The number of amides is 1. The highest BCUT2D eigenvalue weighted by Gasteiger charge is 2.14. The second-order valence-corrected chi connectivity index (χ2v) is 6.48. The van der Waals surface area contributed by atoms with Crippen LogP contribution in [0.5, 0.6) is 0 Å². The van der Waals surface area contributed by atoms with Gasteiger partial charge < -0.3 is 9.73 Å². The predicted octanol–water partition coefficient (Wildman–Crippen LogP) is 2.65. The summed E-state index contributed by atoms with van der Waals surface area (Å²) in [6.07, 6.45) is 2.48. The molecular formula is C20H20N4O3. The van der Waals surface area contributed by atoms with Crippen LogP contribution in [0.3, 0.4) is 0 Å². The van der Waals surface area contributed by atoms with E-state index in [4.69, 9.17) is 4.42 Å². The van der Waals surface area contributed by atoms with Crippen molar-refractivity contribution in [2.24, 2.45) is 0 Å². The van der Waals surface area contributed by atoms with Gasteiger partial charge in [0.05, 0.1) is 11.8 Å². The Morgan fingerprint density at radius 3 is 2.81 bits per heavy atom. The molecule has 0 spiro atoms. The maximum absolute atomic E-state index is 12.7. The van der Waals surface area contributed by atoms with E-state index in [0.29, 0.717) is 42.9 Å². The van der Waals surface area contributed by atoms with Gasteiger partial charge in [-0.05, 0) is 18.9 Å². The number of carbonyl (C=O) groups is 1. The Balaban J connectivity index is 1.41. The van der Waals surface area contributed by atoms with Crippen LogP contribution < -0.4 is 10.9 Å². The molecule has 3 aromatic heterocycles. The van der Waals surface area contributed by atoms with Gasteiger partial charge in [-0.3, -0.25) is 14.0 Å². The van der Waals surface area contributed by atoms with Gasteiger partial charge in [0.2, 0.25) is 5.91 Å². The molecule has 7 heteroatoms. The van der Waals surface area contributed by atoms with Gasteiger partial charge in [0, 0.05) is 31.6 Å². The maximum Gasteiger partial charge on any atom is 0.291 e. The Hall–Kier alpha value is -3.35. The zero-order chi connectivity index (χ0) is 18.8. The first-order chi connectivity index (χ1) is 13.1. The number of aryl methyl sites for hydroxylation is 2. The van der Waals surface area contributed by atoms with E-state index < -0.39 is 0 Å². The monoisotopic (exact) mass is 364 g/mol. The van der Waals surface area contributed by atoms with Crippen molar-refractivity contribution < 1.29 is 9.21 Å². The van der Waals surface area contributed by atoms with Crippen LogP contribution in [-0.2, 0) is 17.9 Å². The fraction of sp³-hybridized carbons (Fsp3) is 0.250. The Labute approximate surface area is 155 Å². The van der Waals surface area contributed by atoms with Gasteiger partial charge in [-0.2, -0.15) is 5.10 Å². The van der Waals surface area contributed by atoms with Crippen molar-refractivity contribution in [2.45, 2.75) is 32.9 Å². The van der Waals surface area contributed by atoms with E-state index in [-0.39, 0.29) is 11.5 Å². The molecule has 0 fully saturated rings. The van der Waals surface area contributed by atoms with Crippen molar-refractivity contribution >= 4 is 22.5 Å². The van der Waals surface area contributed by atoms with Gasteiger partial charge in [0.15, 0.2) is 5.58 Å². The Morgan fingerprint density at radius 1 is 1.19 bits per heavy atom. The highest BCUT2D eigenvalue weighted by molar-refractivity contribution is 5.82. The van der Waals surface area contributed by atoms with Crippen molar-refractivity contribution in [2.75, 3.05) is 0 Å². The summed E-state index contributed by atoms with van der Waals surface area (Å²) in [5.41, 5.74) is 2.90. The van der Waals surface area contributed by atoms with E-state index in [9.17, 15) is 9.59 Å². The smallest absolute Gasteiger partial charge is 0.291 e. The lowest BCUT2D eigenvalue weighted by Crippen LogP contribution is -2.27. The van der Waals surface area contributed by atoms with E-state index in [1.54, 1.807) is 16.7 Å². The number of nitrogens with zero attached hydrogens (tertiary/aromatic N) is 3. The molecule has 3 heterocycles. The van der Waals surface area contributed by atoms with Crippen LogP contribution in [0.2, 0.25) is 0 Å². The van der Waals surface area contributed by atoms with Crippen molar-refractivity contribution in [1.82, 2.24) is 19.5 Å². The van der Waals surface area contributed by atoms with Crippen molar-refractivity contribution in [3.63, 3.8) is 0 Å². The molecule has 0 aliphatic carbocycles. The fourth-order valence-electron chi connectivity index (χ4n) is 3.25. The second kappa shape index (κ2) is 7.11. The number of rotatable bonds is 6. The Morgan fingerprint density at radius 2 is 2.00 bits per heavy atom. The summed E-state index contributed by atoms with van der Waals surface area (Å²) in [4.78, 5) is 24.7. The maximum atomic E-state index is 12.7. The fourth-order valence-corrected chi connectivity index (χ4v) is 3.25. The van der Waals surface area contributed by atoms with Crippen molar-refractivity contribution in [3.8, 4) is 0 Å². The van der Waals surface area contributed by atoms with Gasteiger partial charge >= 0.3 is 0 Å². The molecule has 0 radical (unpaired) electrons. The molecule has 0 saturated carbocycles. The summed E-state index contributed by atoms with van der Waals surface area (Å²) in [5, 5.41) is 7.28. The van der Waals surface area contributed by atoms with E-state index in [0.717, 1.165) is 11.1 Å². The van der Waals surface area contributed by atoms with Crippen LogP contribution in [0.4, 0.5) is 0 Å². The molecular weight excluding hydrogens is 344 g/mol. The molecule has 138 valence electrons. The number of hydrogen-bond donors (Lipinski definition) is 1. The van der Waals surface area contributed by atoms with Gasteiger partial charge in [0.1, 0.15) is 11.3 Å². The third kappa shape index (κ3) is 3.36. The highest BCUT2D eigenvalue weighted by Crippen LogP contribution is 2.19. The molecule has 4 rings (SSSR count). The molecule has 7 nitrogen and oxygen atoms in total. The molecule has 0 atom stereocenters. The third-order valence-corrected chi connectivity index (χ3v) is 4.57. The largest absolute Gasteiger partial charge is 0.463 e. The molecule has 0 aliphatic heterocycles. The first-order valence-electron chi connectivity index (χ1n) is 8.90. The lowest BCUT2D eigenvalue weighted by atomic mass is 10.2. The van der Waals surface area contributed by atoms with Crippen LogP contribution in [0.25, 0.3) is 16.6 Å². The van der Waals surface area contributed by atoms with Crippen LogP contribution in [0.15, 0.2) is 57.9 Å². The SMILES string of the molecule is Cc1nn(CCCC(=O)NCc2ccccc2)c(=O)c2cc3occc3n12. The van der Waals surface area contributed by atoms with E-state index in [1.165, 1.54) is 4.68 Å². The van der Waals surface area contributed by atoms with E-state index in [1.807, 2.05) is 43.3 Å². The first-order valence-corrected chi connectivity index (χ1v) is 8.90. The summed E-state index contributed by atoms with van der Waals surface area (Å²) in [6.45, 7) is 2.75. The Bertz CT molecular complexity index is 1150. The molecule has 1 aromatic carbocycles. The summed E-state index contributed by atoms with van der Waals surface area (Å²) in [5.74, 6) is 0.666. The van der Waals surface area contributed by atoms with Gasteiger partial charge in [0.25, 0.3) is 5.56 Å². The molecule has 1 N–H and O–H groups in total. The van der Waals surface area contributed by atoms with Crippen LogP contribution >= 0.6 is 0 Å². The summed E-state index contributed by atoms with van der Waals surface area (Å²) in [6, 6.07) is 13.3. The van der Waals surface area contributed by atoms with Crippen LogP contribution in [-0.4, -0.2) is 20.1 Å². The van der Waals surface area contributed by atoms with Crippen LogP contribution in [0.1, 0.15) is 24.2 Å². The number of carbonyl (C=O) groups excluding carboxylic acids is 1. The first kappa shape index (κ1) is 17.1. The molecule has 1 amide bonds. The number of nitrogens with one attached hydrogen (secondary N) is 1. The van der Waals surface area contributed by atoms with Gasteiger partial charge in [-0.25, -0.2) is 4.68 Å². The lowest BCUT2D eigenvalue weighted by Gasteiger charge is -2.09. The summed E-state index contributed by atoms with van der Waals surface area (Å²) < 4.78 is 8.60. The lowest BCUT2D eigenvalue weighted by molar-refractivity contribution is -0.121.